The van der Waals surface area contributed by atoms with Crippen molar-refractivity contribution in [3.8, 4) is 28.1 Å². The van der Waals surface area contributed by atoms with Gasteiger partial charge in [0.25, 0.3) is 11.5 Å². The standard InChI is InChI=1S/C21H15F3N6O3/c22-21(23,24)33-16-7-2-1-6-14(16)12-4-3-5-13(8-12)18-20(32)30(9-15(28-18)19(25)31)10-17-26-11-27-29-17/h1-9,11H,10H2,(H2,25,31)(H,26,27,29). The van der Waals surface area contributed by atoms with Crippen LogP contribution in [-0.4, -0.2) is 37.0 Å². The maximum absolute atomic E-state index is 13.1. The van der Waals surface area contributed by atoms with Crippen molar-refractivity contribution < 1.29 is 22.7 Å². The lowest BCUT2D eigenvalue weighted by molar-refractivity contribution is -0.274. The van der Waals surface area contributed by atoms with Crippen LogP contribution in [0.4, 0.5) is 13.2 Å². The van der Waals surface area contributed by atoms with Crippen molar-refractivity contribution >= 4 is 5.91 Å². The summed E-state index contributed by atoms with van der Waals surface area (Å²) in [6, 6.07) is 11.7. The zero-order valence-electron chi connectivity index (χ0n) is 16.7. The maximum Gasteiger partial charge on any atom is 0.573 e. The number of primary amides is 1. The third kappa shape index (κ3) is 4.89. The molecule has 2 heterocycles. The normalized spacial score (nSPS) is 11.4. The summed E-state index contributed by atoms with van der Waals surface area (Å²) in [5.41, 5.74) is 5.31. The number of carbonyl (C=O) groups is 1. The molecule has 4 rings (SSSR count). The molecule has 9 nitrogen and oxygen atoms in total. The van der Waals surface area contributed by atoms with E-state index < -0.39 is 23.6 Å². The van der Waals surface area contributed by atoms with Crippen molar-refractivity contribution in [1.29, 1.82) is 0 Å². The van der Waals surface area contributed by atoms with Gasteiger partial charge in [-0.05, 0) is 17.7 Å². The molecular weight excluding hydrogens is 441 g/mol. The minimum atomic E-state index is -4.88. The highest BCUT2D eigenvalue weighted by Crippen LogP contribution is 2.34. The molecule has 2 aromatic carbocycles. The van der Waals surface area contributed by atoms with Crippen LogP contribution in [0, 0.1) is 0 Å². The highest BCUT2D eigenvalue weighted by molar-refractivity contribution is 5.91. The van der Waals surface area contributed by atoms with E-state index in [1.807, 2.05) is 0 Å². The van der Waals surface area contributed by atoms with Crippen molar-refractivity contribution in [2.75, 3.05) is 0 Å². The number of benzene rings is 2. The van der Waals surface area contributed by atoms with E-state index >= 15 is 0 Å². The van der Waals surface area contributed by atoms with E-state index in [-0.39, 0.29) is 29.1 Å². The molecule has 0 spiro atoms. The Hall–Kier alpha value is -4.48. The quantitative estimate of drug-likeness (QED) is 0.459. The number of para-hydroxylation sites is 1. The number of aromatic amines is 1. The van der Waals surface area contributed by atoms with Crippen molar-refractivity contribution in [3.05, 3.63) is 82.9 Å². The number of alkyl halides is 3. The van der Waals surface area contributed by atoms with E-state index in [0.717, 1.165) is 0 Å². The largest absolute Gasteiger partial charge is 0.573 e. The molecule has 0 saturated heterocycles. The van der Waals surface area contributed by atoms with Crippen LogP contribution in [0.3, 0.4) is 0 Å². The van der Waals surface area contributed by atoms with E-state index in [9.17, 15) is 22.8 Å². The van der Waals surface area contributed by atoms with E-state index in [4.69, 9.17) is 5.73 Å². The first kappa shape index (κ1) is 21.7. The summed E-state index contributed by atoms with van der Waals surface area (Å²) in [6.45, 7) is -0.0312. The second-order valence-corrected chi connectivity index (χ2v) is 6.83. The molecule has 0 fully saturated rings. The molecule has 0 aliphatic rings. The lowest BCUT2D eigenvalue weighted by atomic mass is 10.0. The first-order valence-electron chi connectivity index (χ1n) is 9.42. The SMILES string of the molecule is NC(=O)c1cn(Cc2ncn[nH]2)c(=O)c(-c2cccc(-c3ccccc3OC(F)(F)F)c2)n1. The van der Waals surface area contributed by atoms with Crippen LogP contribution in [0.1, 0.15) is 16.3 Å². The maximum atomic E-state index is 13.1. The van der Waals surface area contributed by atoms with Gasteiger partial charge >= 0.3 is 6.36 Å². The fourth-order valence-electron chi connectivity index (χ4n) is 3.18. The molecule has 168 valence electrons. The molecule has 33 heavy (non-hydrogen) atoms. The van der Waals surface area contributed by atoms with Crippen molar-refractivity contribution in [1.82, 2.24) is 24.7 Å². The van der Waals surface area contributed by atoms with Gasteiger partial charge in [0.1, 0.15) is 29.3 Å². The fraction of sp³-hybridized carbons (Fsp3) is 0.0952. The number of amides is 1. The number of halogens is 3. The second kappa shape index (κ2) is 8.57. The zero-order valence-corrected chi connectivity index (χ0v) is 16.7. The molecule has 3 N–H and O–H groups in total. The predicted octanol–water partition coefficient (Wildman–Crippen LogP) is 2.74. The number of hydrogen-bond donors (Lipinski definition) is 2. The summed E-state index contributed by atoms with van der Waals surface area (Å²) in [5.74, 6) is -0.900. The number of carbonyl (C=O) groups excluding carboxylic acids is 1. The molecule has 1 amide bonds. The second-order valence-electron chi connectivity index (χ2n) is 6.83. The van der Waals surface area contributed by atoms with Crippen LogP contribution in [0.2, 0.25) is 0 Å². The lowest BCUT2D eigenvalue weighted by Crippen LogP contribution is -2.27. The van der Waals surface area contributed by atoms with Crippen LogP contribution in [0.5, 0.6) is 5.75 Å². The van der Waals surface area contributed by atoms with Gasteiger partial charge in [0.2, 0.25) is 0 Å². The molecule has 0 radical (unpaired) electrons. The van der Waals surface area contributed by atoms with Gasteiger partial charge in [-0.25, -0.2) is 9.97 Å². The Balaban J connectivity index is 1.82. The number of aromatic nitrogens is 5. The summed E-state index contributed by atoms with van der Waals surface area (Å²) in [5, 5.41) is 6.33. The Morgan fingerprint density at radius 3 is 2.58 bits per heavy atom. The molecule has 0 atom stereocenters. The van der Waals surface area contributed by atoms with Crippen molar-refractivity contribution in [3.63, 3.8) is 0 Å². The number of nitrogens with two attached hydrogens (primary N) is 1. The van der Waals surface area contributed by atoms with Crippen LogP contribution in [0.15, 0.2) is 65.8 Å². The number of ether oxygens (including phenoxy) is 1. The average molecular weight is 456 g/mol. The molecule has 0 saturated carbocycles. The van der Waals surface area contributed by atoms with Gasteiger partial charge in [-0.2, -0.15) is 5.10 Å². The Morgan fingerprint density at radius 1 is 1.12 bits per heavy atom. The molecule has 0 bridgehead atoms. The topological polar surface area (TPSA) is 129 Å². The van der Waals surface area contributed by atoms with Gasteiger partial charge < -0.3 is 15.0 Å². The molecule has 0 unspecified atom stereocenters. The van der Waals surface area contributed by atoms with Gasteiger partial charge in [-0.15, -0.1) is 13.2 Å². The van der Waals surface area contributed by atoms with Crippen LogP contribution in [0.25, 0.3) is 22.4 Å². The van der Waals surface area contributed by atoms with Crippen LogP contribution >= 0.6 is 0 Å². The Bertz CT molecular complexity index is 1370. The molecule has 0 aliphatic carbocycles. The van der Waals surface area contributed by atoms with Gasteiger partial charge in [0, 0.05) is 17.3 Å². The van der Waals surface area contributed by atoms with E-state index in [1.165, 1.54) is 41.4 Å². The minimum absolute atomic E-state index is 0.0312. The Kier molecular flexibility index (Phi) is 5.65. The van der Waals surface area contributed by atoms with E-state index in [0.29, 0.717) is 11.4 Å². The molecule has 2 aromatic heterocycles. The highest BCUT2D eigenvalue weighted by atomic mass is 19.4. The zero-order chi connectivity index (χ0) is 23.6. The molecule has 12 heteroatoms. The van der Waals surface area contributed by atoms with Gasteiger partial charge in [-0.3, -0.25) is 14.7 Å². The van der Waals surface area contributed by atoms with Crippen LogP contribution in [-0.2, 0) is 6.54 Å². The number of nitrogens with zero attached hydrogens (tertiary/aromatic N) is 4. The van der Waals surface area contributed by atoms with Gasteiger partial charge in [0.05, 0.1) is 6.54 Å². The number of rotatable bonds is 6. The summed E-state index contributed by atoms with van der Waals surface area (Å²) in [7, 11) is 0. The van der Waals surface area contributed by atoms with E-state index in [1.54, 1.807) is 24.3 Å². The predicted molar refractivity (Wildman–Crippen MR) is 110 cm³/mol. The summed E-state index contributed by atoms with van der Waals surface area (Å²) in [4.78, 5) is 32.9. The lowest BCUT2D eigenvalue weighted by Gasteiger charge is -2.14. The number of hydrogen-bond acceptors (Lipinski definition) is 6. The van der Waals surface area contributed by atoms with Gasteiger partial charge in [0.15, 0.2) is 0 Å². The third-order valence-corrected chi connectivity index (χ3v) is 4.57. The first-order chi connectivity index (χ1) is 15.7. The Labute approximate surface area is 183 Å². The van der Waals surface area contributed by atoms with Gasteiger partial charge in [-0.1, -0.05) is 36.4 Å². The monoisotopic (exact) mass is 456 g/mol. The smallest absolute Gasteiger partial charge is 0.405 e. The van der Waals surface area contributed by atoms with E-state index in [2.05, 4.69) is 24.9 Å². The van der Waals surface area contributed by atoms with Crippen molar-refractivity contribution in [2.45, 2.75) is 12.9 Å². The fourth-order valence-corrected chi connectivity index (χ4v) is 3.18. The molecule has 4 aromatic rings. The molecule has 0 aliphatic heterocycles. The minimum Gasteiger partial charge on any atom is -0.405 e. The van der Waals surface area contributed by atoms with Crippen molar-refractivity contribution in [2.24, 2.45) is 5.73 Å². The Morgan fingerprint density at radius 2 is 1.88 bits per heavy atom. The third-order valence-electron chi connectivity index (χ3n) is 4.57. The van der Waals surface area contributed by atoms with Crippen LogP contribution < -0.4 is 16.0 Å². The summed E-state index contributed by atoms with van der Waals surface area (Å²) in [6.07, 6.45) is -2.41. The number of H-pyrrole nitrogens is 1. The summed E-state index contributed by atoms with van der Waals surface area (Å²) < 4.78 is 43.8. The molecular formula is C21H15F3N6O3. The highest BCUT2D eigenvalue weighted by Gasteiger charge is 2.32. The summed E-state index contributed by atoms with van der Waals surface area (Å²) >= 11 is 0. The number of nitrogens with one attached hydrogen (secondary N) is 1. The first-order valence-corrected chi connectivity index (χ1v) is 9.42. The average Bonchev–Trinajstić information content (AvgIpc) is 3.27.